The fourth-order valence-electron chi connectivity index (χ4n) is 6.22. The molecule has 3 aromatic rings. The molecule has 0 bridgehead atoms. The van der Waals surface area contributed by atoms with Gasteiger partial charge < -0.3 is 24.5 Å². The number of nitrogens with zero attached hydrogens (tertiary/aromatic N) is 5. The number of hydrogen-bond acceptors (Lipinski definition) is 9. The Morgan fingerprint density at radius 2 is 1.72 bits per heavy atom. The monoisotopic (exact) mass is 592 g/mol. The summed E-state index contributed by atoms with van der Waals surface area (Å²) in [6.07, 6.45) is 12.4. The summed E-state index contributed by atoms with van der Waals surface area (Å²) in [5.41, 5.74) is 2.86. The molecule has 2 fully saturated rings. The molecule has 0 radical (unpaired) electrons. The van der Waals surface area contributed by atoms with Crippen LogP contribution in [-0.4, -0.2) is 55.3 Å². The maximum Gasteiger partial charge on any atom is 0.326 e. The first-order valence-corrected chi connectivity index (χ1v) is 16.1. The van der Waals surface area contributed by atoms with Crippen molar-refractivity contribution in [2.24, 2.45) is 0 Å². The molecule has 0 saturated heterocycles. The molecule has 2 aromatic heterocycles. The van der Waals surface area contributed by atoms with Gasteiger partial charge in [0.2, 0.25) is 12.4 Å². The number of aromatic nitrogens is 4. The molecular weight excluding hydrogens is 544 g/mol. The molecule has 5 rings (SSSR count). The zero-order valence-electron chi connectivity index (χ0n) is 26.2. The Kier molecular flexibility index (Phi) is 10.2. The van der Waals surface area contributed by atoms with Gasteiger partial charge in [0.1, 0.15) is 6.54 Å². The lowest BCUT2D eigenvalue weighted by atomic mass is 9.84. The van der Waals surface area contributed by atoms with E-state index in [9.17, 15) is 9.90 Å². The number of aliphatic hydroxyl groups is 1. The van der Waals surface area contributed by atoms with Crippen LogP contribution in [-0.2, 0) is 27.4 Å². The van der Waals surface area contributed by atoms with Crippen molar-refractivity contribution in [1.29, 1.82) is 0 Å². The summed E-state index contributed by atoms with van der Waals surface area (Å²) in [4.78, 5) is 28.5. The van der Waals surface area contributed by atoms with Gasteiger partial charge >= 0.3 is 5.97 Å². The number of benzene rings is 1. The SMILES string of the molecule is CCOC(=O)Cn1cnc2c(NC3CCCCC3)nc(N(Cc3ccc(C4CCCCC4)cc3)C(O)OC(C)(C)C)nc21. The van der Waals surface area contributed by atoms with Crippen molar-refractivity contribution in [1.82, 2.24) is 19.5 Å². The number of fused-ring (bicyclic) bond motifs is 1. The zero-order valence-corrected chi connectivity index (χ0v) is 26.2. The molecule has 234 valence electrons. The predicted octanol–water partition coefficient (Wildman–Crippen LogP) is 6.28. The average molecular weight is 593 g/mol. The molecule has 1 unspecified atom stereocenters. The highest BCUT2D eigenvalue weighted by atomic mass is 16.6. The Labute approximate surface area is 255 Å². The van der Waals surface area contributed by atoms with Gasteiger partial charge in [0, 0.05) is 6.04 Å². The van der Waals surface area contributed by atoms with E-state index < -0.39 is 12.0 Å². The van der Waals surface area contributed by atoms with Crippen LogP contribution in [0.1, 0.15) is 109 Å². The van der Waals surface area contributed by atoms with E-state index in [0.717, 1.165) is 31.2 Å². The van der Waals surface area contributed by atoms with E-state index >= 15 is 0 Å². The van der Waals surface area contributed by atoms with Gasteiger partial charge in [0.05, 0.1) is 25.1 Å². The van der Waals surface area contributed by atoms with E-state index in [-0.39, 0.29) is 18.6 Å². The van der Waals surface area contributed by atoms with E-state index in [1.54, 1.807) is 22.7 Å². The number of aliphatic hydroxyl groups excluding tert-OH is 1. The van der Waals surface area contributed by atoms with E-state index in [1.165, 1.54) is 44.1 Å². The molecular formula is C33H48N6O4. The largest absolute Gasteiger partial charge is 0.465 e. The number of imidazole rings is 1. The van der Waals surface area contributed by atoms with Crippen LogP contribution in [0.2, 0.25) is 0 Å². The summed E-state index contributed by atoms with van der Waals surface area (Å²) in [6, 6.07) is 8.97. The average Bonchev–Trinajstić information content (AvgIpc) is 3.39. The first-order chi connectivity index (χ1) is 20.7. The highest BCUT2D eigenvalue weighted by molar-refractivity contribution is 5.85. The molecule has 2 heterocycles. The van der Waals surface area contributed by atoms with Crippen molar-refractivity contribution in [3.05, 3.63) is 41.7 Å². The molecule has 0 spiro atoms. The second-order valence-electron chi connectivity index (χ2n) is 13.0. The molecule has 43 heavy (non-hydrogen) atoms. The lowest BCUT2D eigenvalue weighted by molar-refractivity contribution is -0.166. The van der Waals surface area contributed by atoms with Gasteiger partial charge in [-0.1, -0.05) is 62.8 Å². The number of ether oxygens (including phenoxy) is 2. The number of nitrogens with one attached hydrogen (secondary N) is 1. The lowest BCUT2D eigenvalue weighted by Crippen LogP contribution is -2.42. The third-order valence-corrected chi connectivity index (χ3v) is 8.39. The van der Waals surface area contributed by atoms with Gasteiger partial charge in [-0.2, -0.15) is 9.97 Å². The minimum Gasteiger partial charge on any atom is -0.465 e. The maximum atomic E-state index is 12.4. The molecule has 10 nitrogen and oxygen atoms in total. The maximum absolute atomic E-state index is 12.4. The fourth-order valence-corrected chi connectivity index (χ4v) is 6.22. The lowest BCUT2D eigenvalue weighted by Gasteiger charge is -2.33. The number of hydrogen-bond donors (Lipinski definition) is 2. The number of carbonyl (C=O) groups is 1. The van der Waals surface area contributed by atoms with E-state index in [4.69, 9.17) is 19.4 Å². The van der Waals surface area contributed by atoms with E-state index in [0.29, 0.717) is 42.0 Å². The third-order valence-electron chi connectivity index (χ3n) is 8.39. The molecule has 2 N–H and O–H groups in total. The summed E-state index contributed by atoms with van der Waals surface area (Å²) < 4.78 is 12.9. The number of rotatable bonds is 11. The number of anilines is 2. The third kappa shape index (κ3) is 8.23. The molecule has 2 aliphatic carbocycles. The molecule has 2 aliphatic rings. The predicted molar refractivity (Wildman–Crippen MR) is 168 cm³/mol. The van der Waals surface area contributed by atoms with Crippen molar-refractivity contribution in [2.45, 2.75) is 129 Å². The highest BCUT2D eigenvalue weighted by Gasteiger charge is 2.28. The summed E-state index contributed by atoms with van der Waals surface area (Å²) in [6.45, 7) is 8.11. The molecule has 0 amide bonds. The van der Waals surface area contributed by atoms with E-state index in [1.807, 2.05) is 20.8 Å². The van der Waals surface area contributed by atoms with Crippen LogP contribution in [0.25, 0.3) is 11.2 Å². The molecule has 1 atom stereocenters. The second-order valence-corrected chi connectivity index (χ2v) is 13.0. The summed E-state index contributed by atoms with van der Waals surface area (Å²) in [5, 5.41) is 15.1. The van der Waals surface area contributed by atoms with Gasteiger partial charge in [0.25, 0.3) is 0 Å². The van der Waals surface area contributed by atoms with Crippen LogP contribution in [0.3, 0.4) is 0 Å². The Morgan fingerprint density at radius 3 is 2.37 bits per heavy atom. The van der Waals surface area contributed by atoms with Crippen molar-refractivity contribution < 1.29 is 19.4 Å². The number of esters is 1. The second kappa shape index (κ2) is 14.0. The van der Waals surface area contributed by atoms with Crippen molar-refractivity contribution in [2.75, 3.05) is 16.8 Å². The Hall–Kier alpha value is -3.24. The molecule has 2 saturated carbocycles. The van der Waals surface area contributed by atoms with Crippen molar-refractivity contribution in [3.8, 4) is 0 Å². The van der Waals surface area contributed by atoms with Crippen molar-refractivity contribution >= 4 is 28.9 Å². The summed E-state index contributed by atoms with van der Waals surface area (Å²) in [7, 11) is 0. The minimum atomic E-state index is -1.31. The first-order valence-electron chi connectivity index (χ1n) is 16.1. The van der Waals surface area contributed by atoms with Crippen LogP contribution >= 0.6 is 0 Å². The van der Waals surface area contributed by atoms with Gasteiger partial charge in [-0.3, -0.25) is 9.69 Å². The van der Waals surface area contributed by atoms with Gasteiger partial charge in [-0.25, -0.2) is 4.98 Å². The Bertz CT molecular complexity index is 1340. The zero-order chi connectivity index (χ0) is 30.4. The topological polar surface area (TPSA) is 115 Å². The molecule has 0 aliphatic heterocycles. The van der Waals surface area contributed by atoms with Crippen LogP contribution in [0.4, 0.5) is 11.8 Å². The Morgan fingerprint density at radius 1 is 1.05 bits per heavy atom. The molecule has 10 heteroatoms. The fraction of sp³-hybridized carbons (Fsp3) is 0.636. The quantitative estimate of drug-likeness (QED) is 0.196. The standard InChI is InChI=1S/C33H48N6O4/c1-5-42-27(40)21-38-22-34-28-29(35-26-14-10-7-11-15-26)36-31(37-30(28)38)39(32(41)43-33(2,3)4)20-23-16-18-25(19-17-23)24-12-8-6-9-13-24/h16-19,22,24,26,32,41H,5-15,20-21H2,1-4H3,(H,35,36,37). The van der Waals surface area contributed by atoms with Crippen LogP contribution in [0, 0.1) is 0 Å². The minimum absolute atomic E-state index is 0.0205. The normalized spacial score (nSPS) is 17.6. The number of carbonyl (C=O) groups excluding carboxylic acids is 1. The summed E-state index contributed by atoms with van der Waals surface area (Å²) in [5.74, 6) is 1.14. The van der Waals surface area contributed by atoms with Crippen molar-refractivity contribution in [3.63, 3.8) is 0 Å². The highest BCUT2D eigenvalue weighted by Crippen LogP contribution is 2.33. The molecule has 1 aromatic carbocycles. The Balaban J connectivity index is 1.51. The summed E-state index contributed by atoms with van der Waals surface area (Å²) >= 11 is 0. The van der Waals surface area contributed by atoms with Crippen LogP contribution < -0.4 is 10.2 Å². The van der Waals surface area contributed by atoms with Gasteiger partial charge in [-0.15, -0.1) is 0 Å². The van der Waals surface area contributed by atoms with Gasteiger partial charge in [0.15, 0.2) is 17.0 Å². The van der Waals surface area contributed by atoms with Crippen LogP contribution in [0.15, 0.2) is 30.6 Å². The van der Waals surface area contributed by atoms with Crippen LogP contribution in [0.5, 0.6) is 0 Å². The smallest absolute Gasteiger partial charge is 0.326 e. The van der Waals surface area contributed by atoms with Gasteiger partial charge in [-0.05, 0) is 70.4 Å². The first kappa shape index (κ1) is 31.2. The van der Waals surface area contributed by atoms with E-state index in [2.05, 4.69) is 34.6 Å².